The highest BCUT2D eigenvalue weighted by atomic mass is 32.2. The van der Waals surface area contributed by atoms with Crippen molar-refractivity contribution in [2.45, 2.75) is 36.8 Å². The number of guanidine groups is 1. The number of nitrogens with zero attached hydrogens (tertiary/aromatic N) is 2. The lowest BCUT2D eigenvalue weighted by atomic mass is 10.1. The van der Waals surface area contributed by atoms with E-state index in [0.717, 1.165) is 57.1 Å². The molecule has 0 aromatic heterocycles. The normalized spacial score (nSPS) is 16.4. The van der Waals surface area contributed by atoms with Crippen LogP contribution in [0.1, 0.15) is 24.8 Å². The van der Waals surface area contributed by atoms with Gasteiger partial charge >= 0.3 is 0 Å². The fourth-order valence-electron chi connectivity index (χ4n) is 3.11. The zero-order valence-corrected chi connectivity index (χ0v) is 17.8. The molecule has 1 aromatic rings. The maximum absolute atomic E-state index is 11.8. The average molecular weight is 413 g/mol. The first-order valence-electron chi connectivity index (χ1n) is 9.58. The largest absolute Gasteiger partial charge is 0.385 e. The maximum Gasteiger partial charge on any atom is 0.240 e. The van der Waals surface area contributed by atoms with Crippen molar-refractivity contribution >= 4 is 16.0 Å². The Balaban J connectivity index is 1.79. The van der Waals surface area contributed by atoms with Crippen molar-refractivity contribution in [1.29, 1.82) is 0 Å². The molecule has 0 spiro atoms. The van der Waals surface area contributed by atoms with E-state index in [1.165, 1.54) is 7.05 Å². The fourth-order valence-corrected chi connectivity index (χ4v) is 3.84. The number of ether oxygens (including phenoxy) is 2. The van der Waals surface area contributed by atoms with Gasteiger partial charge in [-0.25, -0.2) is 13.1 Å². The van der Waals surface area contributed by atoms with Crippen LogP contribution in [0, 0.1) is 0 Å². The summed E-state index contributed by atoms with van der Waals surface area (Å²) < 4.78 is 36.8. The molecule has 0 bridgehead atoms. The Morgan fingerprint density at radius 2 is 1.89 bits per heavy atom. The van der Waals surface area contributed by atoms with Crippen LogP contribution in [0.3, 0.4) is 0 Å². The summed E-state index contributed by atoms with van der Waals surface area (Å²) in [6.07, 6.45) is 3.18. The predicted octanol–water partition coefficient (Wildman–Crippen LogP) is 1.19. The average Bonchev–Trinajstić information content (AvgIpc) is 2.73. The molecular weight excluding hydrogens is 380 g/mol. The van der Waals surface area contributed by atoms with Crippen LogP contribution in [0.15, 0.2) is 34.2 Å². The van der Waals surface area contributed by atoms with Gasteiger partial charge < -0.3 is 19.7 Å². The molecule has 1 aliphatic heterocycles. The lowest BCUT2D eigenvalue weighted by molar-refractivity contribution is 0.00989. The van der Waals surface area contributed by atoms with Crippen molar-refractivity contribution in [3.05, 3.63) is 29.8 Å². The molecule has 1 heterocycles. The summed E-state index contributed by atoms with van der Waals surface area (Å²) in [5.41, 5.74) is 0.993. The van der Waals surface area contributed by atoms with Crippen molar-refractivity contribution in [1.82, 2.24) is 14.9 Å². The number of benzene rings is 1. The van der Waals surface area contributed by atoms with Crippen LogP contribution in [0.4, 0.5) is 0 Å². The minimum atomic E-state index is -3.40. The Labute approximate surface area is 168 Å². The minimum Gasteiger partial charge on any atom is -0.385 e. The highest BCUT2D eigenvalue weighted by molar-refractivity contribution is 7.89. The predicted molar refractivity (Wildman–Crippen MR) is 110 cm³/mol. The monoisotopic (exact) mass is 412 g/mol. The van der Waals surface area contributed by atoms with Gasteiger partial charge in [-0.05, 0) is 44.0 Å². The van der Waals surface area contributed by atoms with E-state index in [1.54, 1.807) is 26.3 Å². The Hall–Kier alpha value is -1.68. The van der Waals surface area contributed by atoms with Gasteiger partial charge in [0.2, 0.25) is 10.0 Å². The number of likely N-dealkylation sites (tertiary alicyclic amines) is 1. The number of rotatable bonds is 9. The zero-order chi connectivity index (χ0) is 20.4. The molecule has 8 nitrogen and oxygen atoms in total. The first-order valence-corrected chi connectivity index (χ1v) is 11.1. The Morgan fingerprint density at radius 3 is 2.46 bits per heavy atom. The zero-order valence-electron chi connectivity index (χ0n) is 17.0. The van der Waals surface area contributed by atoms with Crippen LogP contribution in [0.2, 0.25) is 0 Å². The number of methoxy groups -OCH3 is 1. The highest BCUT2D eigenvalue weighted by Crippen LogP contribution is 2.15. The Kier molecular flexibility index (Phi) is 9.17. The summed E-state index contributed by atoms with van der Waals surface area (Å²) in [6.45, 7) is 3.85. The van der Waals surface area contributed by atoms with Gasteiger partial charge in [0.25, 0.3) is 0 Å². The van der Waals surface area contributed by atoms with Crippen LogP contribution < -0.4 is 10.0 Å². The second-order valence-electron chi connectivity index (χ2n) is 6.66. The molecule has 0 unspecified atom stereocenters. The first-order chi connectivity index (χ1) is 13.5. The molecule has 0 saturated carbocycles. The highest BCUT2D eigenvalue weighted by Gasteiger charge is 2.21. The second kappa shape index (κ2) is 11.4. The van der Waals surface area contributed by atoms with E-state index in [-0.39, 0.29) is 4.90 Å². The second-order valence-corrected chi connectivity index (χ2v) is 8.54. The van der Waals surface area contributed by atoms with E-state index in [2.05, 4.69) is 19.9 Å². The summed E-state index contributed by atoms with van der Waals surface area (Å²) in [5.74, 6) is 0.852. The van der Waals surface area contributed by atoms with E-state index < -0.39 is 10.0 Å². The van der Waals surface area contributed by atoms with Crippen LogP contribution in [-0.4, -0.2) is 72.9 Å². The summed E-state index contributed by atoms with van der Waals surface area (Å²) >= 11 is 0. The number of hydrogen-bond acceptors (Lipinski definition) is 5. The number of aliphatic imine (C=N–C) groups is 1. The van der Waals surface area contributed by atoms with E-state index in [0.29, 0.717) is 12.6 Å². The van der Waals surface area contributed by atoms with Gasteiger partial charge in [0.05, 0.1) is 11.0 Å². The summed E-state index contributed by atoms with van der Waals surface area (Å²) in [7, 11) is 1.48. The lowest BCUT2D eigenvalue weighted by Gasteiger charge is -2.34. The van der Waals surface area contributed by atoms with Crippen molar-refractivity contribution in [2.24, 2.45) is 4.99 Å². The summed E-state index contributed by atoms with van der Waals surface area (Å²) in [4.78, 5) is 6.87. The standard InChI is InChI=1S/C19H32N4O4S/c1-20-19(23-11-9-17(10-12-23)27-14-4-13-26-3)22-15-16-5-7-18(8-6-16)28(24,25)21-2/h5-8,17,21H,4,9-15H2,1-3H3,(H,20,22). The van der Waals surface area contributed by atoms with E-state index in [4.69, 9.17) is 9.47 Å². The Bertz CT molecular complexity index is 714. The van der Waals surface area contributed by atoms with E-state index in [1.807, 2.05) is 12.1 Å². The molecule has 0 atom stereocenters. The smallest absolute Gasteiger partial charge is 0.240 e. The first kappa shape index (κ1) is 22.6. The number of piperidine rings is 1. The molecule has 2 rings (SSSR count). The van der Waals surface area contributed by atoms with E-state index in [9.17, 15) is 8.42 Å². The number of nitrogens with one attached hydrogen (secondary N) is 2. The van der Waals surface area contributed by atoms with Gasteiger partial charge in [-0.15, -0.1) is 0 Å². The van der Waals surface area contributed by atoms with E-state index >= 15 is 0 Å². The quantitative estimate of drug-likeness (QED) is 0.360. The molecule has 0 radical (unpaired) electrons. The topological polar surface area (TPSA) is 92.3 Å². The molecule has 1 aliphatic rings. The summed E-state index contributed by atoms with van der Waals surface area (Å²) in [6, 6.07) is 6.84. The fraction of sp³-hybridized carbons (Fsp3) is 0.632. The van der Waals surface area contributed by atoms with Crippen LogP contribution in [0.5, 0.6) is 0 Å². The lowest BCUT2D eigenvalue weighted by Crippen LogP contribution is -2.46. The third-order valence-electron chi connectivity index (χ3n) is 4.75. The Morgan fingerprint density at radius 1 is 1.21 bits per heavy atom. The number of hydrogen-bond donors (Lipinski definition) is 2. The molecule has 1 saturated heterocycles. The van der Waals surface area contributed by atoms with Gasteiger partial charge in [-0.1, -0.05) is 12.1 Å². The maximum atomic E-state index is 11.8. The van der Waals surface area contributed by atoms with Crippen molar-refractivity contribution in [3.8, 4) is 0 Å². The number of sulfonamides is 1. The van der Waals surface area contributed by atoms with Crippen molar-refractivity contribution in [2.75, 3.05) is 47.5 Å². The minimum absolute atomic E-state index is 0.260. The molecule has 0 aliphatic carbocycles. The van der Waals surface area contributed by atoms with Crippen molar-refractivity contribution < 1.29 is 17.9 Å². The van der Waals surface area contributed by atoms with Crippen LogP contribution >= 0.6 is 0 Å². The molecule has 158 valence electrons. The van der Waals surface area contributed by atoms with Gasteiger partial charge in [0, 0.05) is 47.0 Å². The SMILES string of the molecule is CN=C(NCc1ccc(S(=O)(=O)NC)cc1)N1CCC(OCCCOC)CC1. The molecule has 1 fully saturated rings. The third-order valence-corrected chi connectivity index (χ3v) is 6.18. The van der Waals surface area contributed by atoms with Crippen molar-refractivity contribution in [3.63, 3.8) is 0 Å². The molecule has 9 heteroatoms. The van der Waals surface area contributed by atoms with Crippen LogP contribution in [-0.2, 0) is 26.0 Å². The van der Waals surface area contributed by atoms with Crippen LogP contribution in [0.25, 0.3) is 0 Å². The molecule has 0 amide bonds. The van der Waals surface area contributed by atoms with Gasteiger partial charge in [0.1, 0.15) is 0 Å². The van der Waals surface area contributed by atoms with Gasteiger partial charge in [0.15, 0.2) is 5.96 Å². The van der Waals surface area contributed by atoms with Gasteiger partial charge in [-0.3, -0.25) is 4.99 Å². The van der Waals surface area contributed by atoms with Gasteiger partial charge in [-0.2, -0.15) is 0 Å². The molecular formula is C19H32N4O4S. The molecule has 2 N–H and O–H groups in total. The summed E-state index contributed by atoms with van der Waals surface area (Å²) in [5, 5.41) is 3.36. The molecule has 1 aromatic carbocycles. The third kappa shape index (κ3) is 6.73. The molecule has 28 heavy (non-hydrogen) atoms.